The van der Waals surface area contributed by atoms with Crippen molar-refractivity contribution in [3.63, 3.8) is 0 Å². The van der Waals surface area contributed by atoms with Gasteiger partial charge in [-0.3, -0.25) is 4.79 Å². The Morgan fingerprint density at radius 2 is 1.79 bits per heavy atom. The number of rotatable bonds is 6. The number of sulfone groups is 1. The fourth-order valence-corrected chi connectivity index (χ4v) is 4.59. The van der Waals surface area contributed by atoms with Gasteiger partial charge in [-0.15, -0.1) is 0 Å². The first-order valence-corrected chi connectivity index (χ1v) is 10.4. The Bertz CT molecular complexity index is 639. The molecule has 134 valence electrons. The van der Waals surface area contributed by atoms with E-state index in [1.54, 1.807) is 0 Å². The Morgan fingerprint density at radius 1 is 1.21 bits per heavy atom. The minimum absolute atomic E-state index is 0.0958. The molecule has 5 nitrogen and oxygen atoms in total. The van der Waals surface area contributed by atoms with Crippen LogP contribution >= 0.6 is 0 Å². The van der Waals surface area contributed by atoms with E-state index in [-0.39, 0.29) is 23.3 Å². The van der Waals surface area contributed by atoms with E-state index in [1.807, 2.05) is 31.3 Å². The summed E-state index contributed by atoms with van der Waals surface area (Å²) < 4.78 is 22.8. The summed E-state index contributed by atoms with van der Waals surface area (Å²) in [5, 5.41) is 2.93. The van der Waals surface area contributed by atoms with Crippen molar-refractivity contribution in [3.8, 4) is 0 Å². The van der Waals surface area contributed by atoms with Crippen LogP contribution in [0.3, 0.4) is 0 Å². The molecule has 1 aromatic rings. The molecule has 0 aliphatic carbocycles. The first-order chi connectivity index (χ1) is 11.3. The van der Waals surface area contributed by atoms with Gasteiger partial charge in [-0.25, -0.2) is 8.42 Å². The third-order valence-electron chi connectivity index (χ3n) is 4.43. The van der Waals surface area contributed by atoms with Crippen LogP contribution in [-0.4, -0.2) is 46.0 Å². The van der Waals surface area contributed by atoms with Crippen LogP contribution in [0.15, 0.2) is 24.3 Å². The Morgan fingerprint density at radius 3 is 2.33 bits per heavy atom. The standard InChI is InChI=1S/C18H28N2O3S/c1-14(2)13-20(3)17-6-4-16(5-7-17)18(21)19-12-15-8-10-24(22,23)11-9-15/h4-7,14-15H,8-13H2,1-3H3,(H,19,21). The lowest BCUT2D eigenvalue weighted by Gasteiger charge is -2.22. The van der Waals surface area contributed by atoms with E-state index >= 15 is 0 Å². The van der Waals surface area contributed by atoms with Crippen molar-refractivity contribution >= 4 is 21.4 Å². The fraction of sp³-hybridized carbons (Fsp3) is 0.611. The Hall–Kier alpha value is -1.56. The lowest BCUT2D eigenvalue weighted by Crippen LogP contribution is -2.34. The number of carbonyl (C=O) groups is 1. The van der Waals surface area contributed by atoms with Crippen LogP contribution in [0.2, 0.25) is 0 Å². The Labute approximate surface area is 145 Å². The maximum absolute atomic E-state index is 12.2. The lowest BCUT2D eigenvalue weighted by atomic mass is 10.0. The van der Waals surface area contributed by atoms with Gasteiger partial charge in [0.2, 0.25) is 0 Å². The normalized spacial score (nSPS) is 17.7. The molecule has 2 rings (SSSR count). The summed E-state index contributed by atoms with van der Waals surface area (Å²) >= 11 is 0. The monoisotopic (exact) mass is 352 g/mol. The number of hydrogen-bond donors (Lipinski definition) is 1. The second-order valence-electron chi connectivity index (χ2n) is 7.13. The highest BCUT2D eigenvalue weighted by molar-refractivity contribution is 7.91. The quantitative estimate of drug-likeness (QED) is 0.853. The van der Waals surface area contributed by atoms with Crippen molar-refractivity contribution in [2.75, 3.05) is 36.5 Å². The van der Waals surface area contributed by atoms with E-state index in [4.69, 9.17) is 0 Å². The zero-order valence-electron chi connectivity index (χ0n) is 14.8. The minimum Gasteiger partial charge on any atom is -0.374 e. The van der Waals surface area contributed by atoms with E-state index in [2.05, 4.69) is 24.1 Å². The summed E-state index contributed by atoms with van der Waals surface area (Å²) in [6.45, 7) is 5.86. The van der Waals surface area contributed by atoms with Gasteiger partial charge in [-0.1, -0.05) is 13.8 Å². The molecule has 1 saturated heterocycles. The zero-order chi connectivity index (χ0) is 17.7. The number of benzene rings is 1. The van der Waals surface area contributed by atoms with Crippen molar-refractivity contribution < 1.29 is 13.2 Å². The minimum atomic E-state index is -2.85. The molecule has 6 heteroatoms. The molecule has 1 aliphatic rings. The van der Waals surface area contributed by atoms with Crippen molar-refractivity contribution in [3.05, 3.63) is 29.8 Å². The second-order valence-corrected chi connectivity index (χ2v) is 9.43. The van der Waals surface area contributed by atoms with Gasteiger partial charge in [0.25, 0.3) is 5.91 Å². The number of amides is 1. The largest absolute Gasteiger partial charge is 0.374 e. The summed E-state index contributed by atoms with van der Waals surface area (Å²) in [7, 11) is -0.798. The summed E-state index contributed by atoms with van der Waals surface area (Å²) in [5.74, 6) is 1.22. The van der Waals surface area contributed by atoms with Crippen molar-refractivity contribution in [2.24, 2.45) is 11.8 Å². The first-order valence-electron chi connectivity index (χ1n) is 8.56. The maximum Gasteiger partial charge on any atom is 0.251 e. The van der Waals surface area contributed by atoms with Crippen molar-refractivity contribution in [1.82, 2.24) is 5.32 Å². The molecule has 1 fully saturated rings. The molecule has 1 amide bonds. The number of nitrogens with one attached hydrogen (secondary N) is 1. The van der Waals surface area contributed by atoms with Crippen LogP contribution in [0.5, 0.6) is 0 Å². The Kier molecular flexibility index (Phi) is 6.27. The van der Waals surface area contributed by atoms with Gasteiger partial charge in [0.1, 0.15) is 9.84 Å². The second kappa shape index (κ2) is 8.01. The number of carbonyl (C=O) groups excluding carboxylic acids is 1. The number of anilines is 1. The molecule has 1 aromatic carbocycles. The van der Waals surface area contributed by atoms with E-state index < -0.39 is 9.84 Å². The van der Waals surface area contributed by atoms with Crippen LogP contribution in [0, 0.1) is 11.8 Å². The Balaban J connectivity index is 1.84. The van der Waals surface area contributed by atoms with Crippen LogP contribution in [0.1, 0.15) is 37.0 Å². The van der Waals surface area contributed by atoms with E-state index in [0.29, 0.717) is 30.9 Å². The molecule has 1 aliphatic heterocycles. The van der Waals surface area contributed by atoms with Crippen LogP contribution in [0.25, 0.3) is 0 Å². The van der Waals surface area contributed by atoms with Gasteiger partial charge in [0, 0.05) is 31.4 Å². The summed E-state index contributed by atoms with van der Waals surface area (Å²) in [5.41, 5.74) is 1.73. The molecule has 0 atom stereocenters. The molecule has 1 heterocycles. The average Bonchev–Trinajstić information content (AvgIpc) is 2.53. The highest BCUT2D eigenvalue weighted by Crippen LogP contribution is 2.18. The fourth-order valence-electron chi connectivity index (χ4n) is 3.00. The molecule has 1 N–H and O–H groups in total. The molecular formula is C18H28N2O3S. The highest BCUT2D eigenvalue weighted by Gasteiger charge is 2.23. The van der Waals surface area contributed by atoms with Gasteiger partial charge in [-0.2, -0.15) is 0 Å². The zero-order valence-corrected chi connectivity index (χ0v) is 15.6. The van der Waals surface area contributed by atoms with Gasteiger partial charge in [-0.05, 0) is 48.9 Å². The molecule has 0 aromatic heterocycles. The molecular weight excluding hydrogens is 324 g/mol. The summed E-state index contributed by atoms with van der Waals surface area (Å²) in [6.07, 6.45) is 1.28. The van der Waals surface area contributed by atoms with E-state index in [9.17, 15) is 13.2 Å². The summed E-state index contributed by atoms with van der Waals surface area (Å²) in [4.78, 5) is 14.4. The molecule has 0 saturated carbocycles. The van der Waals surface area contributed by atoms with Crippen molar-refractivity contribution in [1.29, 1.82) is 0 Å². The predicted molar refractivity (Wildman–Crippen MR) is 98.3 cm³/mol. The third kappa shape index (κ3) is 5.51. The first kappa shape index (κ1) is 18.8. The maximum atomic E-state index is 12.2. The van der Waals surface area contributed by atoms with E-state index in [1.165, 1.54) is 0 Å². The number of hydrogen-bond acceptors (Lipinski definition) is 4. The lowest BCUT2D eigenvalue weighted by molar-refractivity contribution is 0.0946. The van der Waals surface area contributed by atoms with Crippen molar-refractivity contribution in [2.45, 2.75) is 26.7 Å². The van der Waals surface area contributed by atoms with Gasteiger partial charge in [0.05, 0.1) is 11.5 Å². The highest BCUT2D eigenvalue weighted by atomic mass is 32.2. The number of nitrogens with zero attached hydrogens (tertiary/aromatic N) is 1. The molecule has 24 heavy (non-hydrogen) atoms. The average molecular weight is 353 g/mol. The molecule has 0 bridgehead atoms. The van der Waals surface area contributed by atoms with Crippen LogP contribution < -0.4 is 10.2 Å². The van der Waals surface area contributed by atoms with Crippen LogP contribution in [-0.2, 0) is 9.84 Å². The van der Waals surface area contributed by atoms with Gasteiger partial charge < -0.3 is 10.2 Å². The predicted octanol–water partition coefficient (Wildman–Crippen LogP) is 2.33. The molecule has 0 unspecified atom stereocenters. The smallest absolute Gasteiger partial charge is 0.251 e. The van der Waals surface area contributed by atoms with Gasteiger partial charge in [0.15, 0.2) is 0 Å². The molecule has 0 spiro atoms. The third-order valence-corrected chi connectivity index (χ3v) is 6.15. The summed E-state index contributed by atoms with van der Waals surface area (Å²) in [6, 6.07) is 7.61. The van der Waals surface area contributed by atoms with E-state index in [0.717, 1.165) is 12.2 Å². The molecule has 0 radical (unpaired) electrons. The van der Waals surface area contributed by atoms with Crippen LogP contribution in [0.4, 0.5) is 5.69 Å². The SMILES string of the molecule is CC(C)CN(C)c1ccc(C(=O)NCC2CCS(=O)(=O)CC2)cc1. The van der Waals surface area contributed by atoms with Gasteiger partial charge >= 0.3 is 0 Å². The topological polar surface area (TPSA) is 66.5 Å².